The van der Waals surface area contributed by atoms with Crippen LogP contribution in [-0.4, -0.2) is 5.60 Å². The van der Waals surface area contributed by atoms with E-state index in [1.165, 1.54) is 13.8 Å². The van der Waals surface area contributed by atoms with Crippen molar-refractivity contribution < 1.29 is 56.5 Å². The van der Waals surface area contributed by atoms with Crippen molar-refractivity contribution >= 4 is 0 Å². The number of hydrogen-bond acceptors (Lipinski definition) is 1. The van der Waals surface area contributed by atoms with Gasteiger partial charge < -0.3 is 5.11 Å². The standard InChI is InChI=1S/C4H8O.K/c1-4(2,3)5;/h1H2,2-3H3;/q-1;+1. The van der Waals surface area contributed by atoms with Crippen molar-refractivity contribution in [2.24, 2.45) is 0 Å². The second-order valence-corrected chi connectivity index (χ2v) is 1.76. The summed E-state index contributed by atoms with van der Waals surface area (Å²) in [7, 11) is 0. The molecule has 1 nitrogen and oxygen atoms in total. The van der Waals surface area contributed by atoms with Gasteiger partial charge in [0.25, 0.3) is 0 Å². The fourth-order valence-electron chi connectivity index (χ4n) is 0. The summed E-state index contributed by atoms with van der Waals surface area (Å²) in [5, 5.41) is 9.99. The van der Waals surface area contributed by atoms with Gasteiger partial charge in [-0.3, -0.25) is 0 Å². The Balaban J connectivity index is 0. The normalized spacial score (nSPS) is 10.0. The largest absolute Gasteiger partial charge is 1.00 e. The molecule has 0 fully saturated rings. The Morgan fingerprint density at radius 2 is 1.50 bits per heavy atom. The predicted molar refractivity (Wildman–Crippen MR) is 19.4 cm³/mol. The van der Waals surface area contributed by atoms with E-state index in [9.17, 15) is 5.11 Å². The van der Waals surface area contributed by atoms with E-state index in [2.05, 4.69) is 6.92 Å². The molecule has 0 saturated carbocycles. The Labute approximate surface area is 81.6 Å². The van der Waals surface area contributed by atoms with Crippen LogP contribution in [0.25, 0.3) is 0 Å². The van der Waals surface area contributed by atoms with E-state index < -0.39 is 5.60 Å². The molecule has 1 radical (unpaired) electrons. The Kier molecular flexibility index (Phi) is 6.30. The van der Waals surface area contributed by atoms with Gasteiger partial charge in [0.2, 0.25) is 0 Å². The molecule has 0 aliphatic rings. The van der Waals surface area contributed by atoms with Gasteiger partial charge in [-0.05, 0) is 0 Å². The van der Waals surface area contributed by atoms with Crippen molar-refractivity contribution in [3.8, 4) is 0 Å². The minimum atomic E-state index is -1.00. The van der Waals surface area contributed by atoms with E-state index in [-0.39, 0.29) is 51.4 Å². The molecule has 0 unspecified atom stereocenters. The van der Waals surface area contributed by atoms with Gasteiger partial charge in [0.15, 0.2) is 0 Å². The number of rotatable bonds is 0. The van der Waals surface area contributed by atoms with Crippen LogP contribution < -0.4 is 56.5 Å². The summed E-state index contributed by atoms with van der Waals surface area (Å²) in [6, 6.07) is 0. The summed E-state index contributed by atoms with van der Waals surface area (Å²) in [5.41, 5.74) is -1.00. The van der Waals surface area contributed by atoms with Crippen LogP contribution in [0, 0.1) is 6.92 Å². The maximum atomic E-state index is 9.99. The van der Waals surface area contributed by atoms with Crippen molar-refractivity contribution in [2.45, 2.75) is 19.4 Å². The summed E-state index contributed by atoms with van der Waals surface area (Å²) >= 11 is 0. The second kappa shape index (κ2) is 3.58. The fourth-order valence-corrected chi connectivity index (χ4v) is 0. The zero-order valence-corrected chi connectivity index (χ0v) is 7.74. The van der Waals surface area contributed by atoms with E-state index >= 15 is 0 Å². The van der Waals surface area contributed by atoms with Crippen LogP contribution in [0.2, 0.25) is 0 Å². The van der Waals surface area contributed by atoms with Crippen LogP contribution in [0.4, 0.5) is 0 Å². The third-order valence-corrected chi connectivity index (χ3v) is 0. The second-order valence-electron chi connectivity index (χ2n) is 1.76. The molecule has 0 atom stereocenters. The van der Waals surface area contributed by atoms with Crippen LogP contribution in [0.15, 0.2) is 0 Å². The van der Waals surface area contributed by atoms with E-state index in [0.29, 0.717) is 0 Å². The van der Waals surface area contributed by atoms with Gasteiger partial charge in [-0.25, -0.2) is 0 Å². The first-order valence-corrected chi connectivity index (χ1v) is 1.56. The van der Waals surface area contributed by atoms with Crippen LogP contribution in [0.1, 0.15) is 13.8 Å². The maximum absolute atomic E-state index is 9.99. The predicted octanol–water partition coefficient (Wildman–Crippen LogP) is -3.04. The van der Waals surface area contributed by atoms with Gasteiger partial charge >= 0.3 is 51.4 Å². The van der Waals surface area contributed by atoms with Crippen LogP contribution in [-0.2, 0) is 0 Å². The van der Waals surface area contributed by atoms with Gasteiger partial charge in [-0.15, -0.1) is 5.60 Å². The smallest absolute Gasteiger partial charge is 0.850 e. The summed E-state index contributed by atoms with van der Waals surface area (Å²) in [6.07, 6.45) is 0. The molecule has 0 amide bonds. The van der Waals surface area contributed by atoms with Crippen LogP contribution in [0.3, 0.4) is 0 Å². The molecular weight excluding hydrogens is 103 g/mol. The summed E-state index contributed by atoms with van der Waals surface area (Å²) < 4.78 is 0. The Morgan fingerprint density at radius 1 is 1.50 bits per heavy atom. The van der Waals surface area contributed by atoms with Crippen molar-refractivity contribution in [3.05, 3.63) is 6.92 Å². The third kappa shape index (κ3) is 46.4. The van der Waals surface area contributed by atoms with Crippen molar-refractivity contribution in [1.29, 1.82) is 0 Å². The molecule has 0 aromatic carbocycles. The molecule has 0 aliphatic carbocycles. The minimum Gasteiger partial charge on any atom is -0.850 e. The monoisotopic (exact) mass is 111 g/mol. The minimum absolute atomic E-state index is 0. The molecule has 0 N–H and O–H groups in total. The van der Waals surface area contributed by atoms with Gasteiger partial charge in [-0.2, -0.15) is 0 Å². The Bertz CT molecular complexity index is 23.0. The molecule has 31 valence electrons. The van der Waals surface area contributed by atoms with Crippen molar-refractivity contribution in [3.63, 3.8) is 0 Å². The topological polar surface area (TPSA) is 23.1 Å². The molecule has 6 heavy (non-hydrogen) atoms. The summed E-state index contributed by atoms with van der Waals surface area (Å²) in [4.78, 5) is 0. The van der Waals surface area contributed by atoms with Crippen molar-refractivity contribution in [1.82, 2.24) is 0 Å². The molecule has 0 saturated heterocycles. The average Bonchev–Trinajstić information content (AvgIpc) is 0.722. The maximum Gasteiger partial charge on any atom is 1.00 e. The van der Waals surface area contributed by atoms with Crippen LogP contribution >= 0.6 is 0 Å². The molecule has 0 heterocycles. The first-order chi connectivity index (χ1) is 2.00. The molecule has 0 aliphatic heterocycles. The Hall–Kier alpha value is 1.60. The van der Waals surface area contributed by atoms with Crippen molar-refractivity contribution in [2.75, 3.05) is 0 Å². The number of hydrogen-bond donors (Lipinski definition) is 0. The molecule has 2 heteroatoms. The molecule has 0 rings (SSSR count). The van der Waals surface area contributed by atoms with Crippen LogP contribution in [0.5, 0.6) is 0 Å². The van der Waals surface area contributed by atoms with E-state index in [0.717, 1.165) is 0 Å². The molecule has 0 aromatic rings. The van der Waals surface area contributed by atoms with Gasteiger partial charge in [-0.1, -0.05) is 20.8 Å². The van der Waals surface area contributed by atoms with Gasteiger partial charge in [0.05, 0.1) is 0 Å². The van der Waals surface area contributed by atoms with Gasteiger partial charge in [0, 0.05) is 0 Å². The first kappa shape index (κ1) is 10.6. The van der Waals surface area contributed by atoms with E-state index in [1.807, 2.05) is 0 Å². The summed E-state index contributed by atoms with van der Waals surface area (Å²) in [6.45, 7) is 6.26. The first-order valence-electron chi connectivity index (χ1n) is 1.56. The molecule has 0 bridgehead atoms. The summed E-state index contributed by atoms with van der Waals surface area (Å²) in [5.74, 6) is 0. The zero-order valence-electron chi connectivity index (χ0n) is 4.62. The zero-order chi connectivity index (χ0) is 4.50. The molecule has 0 aromatic heterocycles. The molecular formula is C4H8KO. The third-order valence-electron chi connectivity index (χ3n) is 0. The molecule has 0 spiro atoms. The quantitative estimate of drug-likeness (QED) is 0.305. The van der Waals surface area contributed by atoms with E-state index in [4.69, 9.17) is 0 Å². The van der Waals surface area contributed by atoms with E-state index in [1.54, 1.807) is 0 Å². The fraction of sp³-hybridized carbons (Fsp3) is 0.750. The SMILES string of the molecule is [CH2]C(C)(C)[O-].[K+]. The average molecular weight is 111 g/mol. The Morgan fingerprint density at radius 3 is 1.50 bits per heavy atom. The van der Waals surface area contributed by atoms with Gasteiger partial charge in [0.1, 0.15) is 0 Å².